The zero-order valence-electron chi connectivity index (χ0n) is 8.72. The van der Waals surface area contributed by atoms with E-state index in [4.69, 9.17) is 5.73 Å². The summed E-state index contributed by atoms with van der Waals surface area (Å²) in [5.74, 6) is 0.391. The predicted octanol–water partition coefficient (Wildman–Crippen LogP) is 0.994. The van der Waals surface area contributed by atoms with Crippen molar-refractivity contribution >= 4 is 17.0 Å². The summed E-state index contributed by atoms with van der Waals surface area (Å²) in [5.41, 5.74) is 6.97. The van der Waals surface area contributed by atoms with Gasteiger partial charge >= 0.3 is 0 Å². The highest BCUT2D eigenvalue weighted by Crippen LogP contribution is 2.12. The molecular weight excluding hydrogens is 192 g/mol. The summed E-state index contributed by atoms with van der Waals surface area (Å²) in [4.78, 5) is 8.00. The predicted molar refractivity (Wildman–Crippen MR) is 57.1 cm³/mol. The van der Waals surface area contributed by atoms with Crippen LogP contribution in [0.3, 0.4) is 0 Å². The second kappa shape index (κ2) is 4.20. The van der Waals surface area contributed by atoms with Crippen LogP contribution in [0.5, 0.6) is 0 Å². The number of rotatable bonds is 4. The third-order valence-corrected chi connectivity index (χ3v) is 2.30. The van der Waals surface area contributed by atoms with E-state index in [0.29, 0.717) is 11.3 Å². The topological polar surface area (TPSA) is 82.5 Å². The molecule has 0 aliphatic heterocycles. The Morgan fingerprint density at radius 2 is 2.20 bits per heavy atom. The molecule has 0 atom stereocenters. The fourth-order valence-electron chi connectivity index (χ4n) is 1.47. The van der Waals surface area contributed by atoms with Crippen LogP contribution in [-0.4, -0.2) is 25.0 Å². The van der Waals surface area contributed by atoms with Crippen LogP contribution in [0.25, 0.3) is 11.2 Å². The monoisotopic (exact) mass is 206 g/mol. The highest BCUT2D eigenvalue weighted by molar-refractivity contribution is 5.80. The molecule has 0 aliphatic carbocycles. The van der Waals surface area contributed by atoms with Gasteiger partial charge in [-0.2, -0.15) is 0 Å². The molecule has 0 fully saturated rings. The lowest BCUT2D eigenvalue weighted by Gasteiger charge is -1.99. The van der Waals surface area contributed by atoms with E-state index in [1.54, 1.807) is 4.68 Å². The fourth-order valence-corrected chi connectivity index (χ4v) is 1.47. The fraction of sp³-hybridized carbons (Fsp3) is 0.556. The third kappa shape index (κ3) is 1.88. The molecule has 80 valence electrons. The molecule has 0 radical (unpaired) electrons. The minimum atomic E-state index is 0.391. The van der Waals surface area contributed by atoms with Crippen molar-refractivity contribution in [2.24, 2.45) is 0 Å². The van der Waals surface area contributed by atoms with Crippen LogP contribution in [0, 0.1) is 0 Å². The van der Waals surface area contributed by atoms with Crippen molar-refractivity contribution in [2.45, 2.75) is 32.7 Å². The Balaban J connectivity index is 2.25. The maximum Gasteiger partial charge on any atom is 0.183 e. The maximum absolute atomic E-state index is 5.66. The second-order valence-electron chi connectivity index (χ2n) is 3.45. The lowest BCUT2D eigenvalue weighted by atomic mass is 10.2. The van der Waals surface area contributed by atoms with Crippen molar-refractivity contribution in [3.63, 3.8) is 0 Å². The molecule has 0 aromatic carbocycles. The molecule has 0 bridgehead atoms. The Morgan fingerprint density at radius 3 is 3.00 bits per heavy atom. The molecule has 2 rings (SSSR count). The van der Waals surface area contributed by atoms with Crippen molar-refractivity contribution in [2.75, 3.05) is 5.73 Å². The molecular formula is C9H14N6. The Bertz CT molecular complexity index is 449. The van der Waals surface area contributed by atoms with Gasteiger partial charge in [-0.3, -0.25) is 0 Å². The number of aryl methyl sites for hydroxylation is 1. The third-order valence-electron chi connectivity index (χ3n) is 2.30. The number of aromatic nitrogens is 5. The standard InChI is InChI=1S/C9H14N6/c1-2-3-4-5-15-9-7(13-14-15)8(10)11-6-12-9/h6H,2-5H2,1H3,(H2,10,11,12). The zero-order valence-corrected chi connectivity index (χ0v) is 8.72. The number of unbranched alkanes of at least 4 members (excludes halogenated alkanes) is 2. The summed E-state index contributed by atoms with van der Waals surface area (Å²) >= 11 is 0. The lowest BCUT2D eigenvalue weighted by molar-refractivity contribution is 0.547. The largest absolute Gasteiger partial charge is 0.382 e. The van der Waals surface area contributed by atoms with Gasteiger partial charge in [0.05, 0.1) is 0 Å². The molecule has 2 N–H and O–H groups in total. The summed E-state index contributed by atoms with van der Waals surface area (Å²) in [5, 5.41) is 7.97. The molecule has 2 aromatic rings. The number of nitrogens with two attached hydrogens (primary N) is 1. The number of nitrogens with zero attached hydrogens (tertiary/aromatic N) is 5. The van der Waals surface area contributed by atoms with Gasteiger partial charge in [0.15, 0.2) is 17.0 Å². The highest BCUT2D eigenvalue weighted by atomic mass is 15.4. The summed E-state index contributed by atoms with van der Waals surface area (Å²) in [6.07, 6.45) is 4.89. The van der Waals surface area contributed by atoms with E-state index >= 15 is 0 Å². The van der Waals surface area contributed by atoms with Crippen LogP contribution in [0.2, 0.25) is 0 Å². The van der Waals surface area contributed by atoms with Crippen LogP contribution in [0.4, 0.5) is 5.82 Å². The van der Waals surface area contributed by atoms with Gasteiger partial charge in [0.2, 0.25) is 0 Å². The summed E-state index contributed by atoms with van der Waals surface area (Å²) < 4.78 is 1.78. The van der Waals surface area contributed by atoms with E-state index in [-0.39, 0.29) is 0 Å². The van der Waals surface area contributed by atoms with Crippen LogP contribution in [0.1, 0.15) is 26.2 Å². The van der Waals surface area contributed by atoms with Crippen molar-refractivity contribution in [3.05, 3.63) is 6.33 Å². The maximum atomic E-state index is 5.66. The molecule has 6 heteroatoms. The van der Waals surface area contributed by atoms with E-state index in [9.17, 15) is 0 Å². The van der Waals surface area contributed by atoms with Gasteiger partial charge in [0, 0.05) is 6.54 Å². The first kappa shape index (κ1) is 9.82. The van der Waals surface area contributed by atoms with E-state index in [1.165, 1.54) is 19.2 Å². The number of hydrogen-bond acceptors (Lipinski definition) is 5. The molecule has 0 aliphatic rings. The molecule has 0 saturated carbocycles. The highest BCUT2D eigenvalue weighted by Gasteiger charge is 2.08. The van der Waals surface area contributed by atoms with Gasteiger partial charge in [-0.25, -0.2) is 14.6 Å². The van der Waals surface area contributed by atoms with Gasteiger partial charge < -0.3 is 5.73 Å². The molecule has 6 nitrogen and oxygen atoms in total. The Labute approximate surface area is 87.5 Å². The first-order valence-electron chi connectivity index (χ1n) is 5.12. The number of nitrogen functional groups attached to an aromatic ring is 1. The second-order valence-corrected chi connectivity index (χ2v) is 3.45. The zero-order chi connectivity index (χ0) is 10.7. The molecule has 0 saturated heterocycles. The molecule has 0 unspecified atom stereocenters. The minimum absolute atomic E-state index is 0.391. The quantitative estimate of drug-likeness (QED) is 0.754. The van der Waals surface area contributed by atoms with E-state index in [0.717, 1.165) is 18.6 Å². The summed E-state index contributed by atoms with van der Waals surface area (Å²) in [7, 11) is 0. The number of fused-ring (bicyclic) bond motifs is 1. The molecule has 0 amide bonds. The SMILES string of the molecule is CCCCCn1nnc2c(N)ncnc21. The lowest BCUT2D eigenvalue weighted by Crippen LogP contribution is -2.02. The normalized spacial score (nSPS) is 11.0. The van der Waals surface area contributed by atoms with Crippen LogP contribution < -0.4 is 5.73 Å². The Kier molecular flexibility index (Phi) is 2.75. The Morgan fingerprint density at radius 1 is 1.33 bits per heavy atom. The average molecular weight is 206 g/mol. The molecule has 2 heterocycles. The number of hydrogen-bond donors (Lipinski definition) is 1. The van der Waals surface area contributed by atoms with Gasteiger partial charge in [-0.15, -0.1) is 5.10 Å². The van der Waals surface area contributed by atoms with E-state index in [1.807, 2.05) is 0 Å². The summed E-state index contributed by atoms with van der Waals surface area (Å²) in [6, 6.07) is 0. The minimum Gasteiger partial charge on any atom is -0.382 e. The first-order valence-corrected chi connectivity index (χ1v) is 5.12. The van der Waals surface area contributed by atoms with E-state index in [2.05, 4.69) is 27.2 Å². The van der Waals surface area contributed by atoms with E-state index < -0.39 is 0 Å². The van der Waals surface area contributed by atoms with Gasteiger partial charge in [-0.1, -0.05) is 25.0 Å². The van der Waals surface area contributed by atoms with Crippen molar-refractivity contribution in [3.8, 4) is 0 Å². The van der Waals surface area contributed by atoms with Crippen molar-refractivity contribution in [1.82, 2.24) is 25.0 Å². The smallest absolute Gasteiger partial charge is 0.183 e. The van der Waals surface area contributed by atoms with Crippen LogP contribution in [-0.2, 0) is 6.54 Å². The first-order chi connectivity index (χ1) is 7.33. The van der Waals surface area contributed by atoms with Gasteiger partial charge in [0.25, 0.3) is 0 Å². The molecule has 0 spiro atoms. The van der Waals surface area contributed by atoms with Gasteiger partial charge in [-0.05, 0) is 6.42 Å². The van der Waals surface area contributed by atoms with Crippen LogP contribution in [0.15, 0.2) is 6.33 Å². The summed E-state index contributed by atoms with van der Waals surface area (Å²) in [6.45, 7) is 3.00. The number of anilines is 1. The van der Waals surface area contributed by atoms with Crippen molar-refractivity contribution in [1.29, 1.82) is 0 Å². The average Bonchev–Trinajstić information content (AvgIpc) is 2.64. The Hall–Kier alpha value is -1.72. The van der Waals surface area contributed by atoms with Crippen molar-refractivity contribution < 1.29 is 0 Å². The van der Waals surface area contributed by atoms with Gasteiger partial charge in [0.1, 0.15) is 6.33 Å². The van der Waals surface area contributed by atoms with Crippen LogP contribution >= 0.6 is 0 Å². The molecule has 2 aromatic heterocycles. The molecule has 15 heavy (non-hydrogen) atoms.